The standard InChI is InChI=1S/C18H23N3O/c1-12(2)19-18(22)16-11-21-10-15(7-8-17(21)20-16)14-6-4-5-13(3)9-14/h4-6,9,11-12,15H,7-8,10H2,1-3H3,(H,19,22). The minimum absolute atomic E-state index is 0.0796. The first kappa shape index (κ1) is 14.8. The average molecular weight is 297 g/mol. The number of aryl methyl sites for hydroxylation is 2. The maximum Gasteiger partial charge on any atom is 0.271 e. The van der Waals surface area contributed by atoms with E-state index in [-0.39, 0.29) is 11.9 Å². The summed E-state index contributed by atoms with van der Waals surface area (Å²) in [5.74, 6) is 1.45. The van der Waals surface area contributed by atoms with Gasteiger partial charge in [0.15, 0.2) is 0 Å². The summed E-state index contributed by atoms with van der Waals surface area (Å²) in [4.78, 5) is 16.6. The number of hydrogen-bond donors (Lipinski definition) is 1. The summed E-state index contributed by atoms with van der Waals surface area (Å²) in [5, 5.41) is 2.90. The van der Waals surface area contributed by atoms with Crippen LogP contribution in [0, 0.1) is 6.92 Å². The van der Waals surface area contributed by atoms with Crippen molar-refractivity contribution in [3.63, 3.8) is 0 Å². The summed E-state index contributed by atoms with van der Waals surface area (Å²) in [5.41, 5.74) is 3.21. The van der Waals surface area contributed by atoms with Gasteiger partial charge in [0.2, 0.25) is 0 Å². The van der Waals surface area contributed by atoms with Gasteiger partial charge >= 0.3 is 0 Å². The van der Waals surface area contributed by atoms with Crippen LogP contribution in [0.15, 0.2) is 30.5 Å². The summed E-state index contributed by atoms with van der Waals surface area (Å²) in [7, 11) is 0. The number of imidazole rings is 1. The molecule has 1 aromatic carbocycles. The third-order valence-corrected chi connectivity index (χ3v) is 4.16. The quantitative estimate of drug-likeness (QED) is 0.946. The predicted octanol–water partition coefficient (Wildman–Crippen LogP) is 3.06. The van der Waals surface area contributed by atoms with Crippen LogP contribution in [0.4, 0.5) is 0 Å². The summed E-state index contributed by atoms with van der Waals surface area (Å²) in [6.07, 6.45) is 3.91. The number of nitrogens with one attached hydrogen (secondary N) is 1. The van der Waals surface area contributed by atoms with Crippen molar-refractivity contribution < 1.29 is 4.79 Å². The highest BCUT2D eigenvalue weighted by Gasteiger charge is 2.23. The van der Waals surface area contributed by atoms with Crippen molar-refractivity contribution in [3.05, 3.63) is 53.1 Å². The van der Waals surface area contributed by atoms with Crippen LogP contribution in [-0.4, -0.2) is 21.5 Å². The van der Waals surface area contributed by atoms with Gasteiger partial charge in [0.25, 0.3) is 5.91 Å². The lowest BCUT2D eigenvalue weighted by Crippen LogP contribution is -2.30. The zero-order chi connectivity index (χ0) is 15.7. The van der Waals surface area contributed by atoms with Crippen molar-refractivity contribution >= 4 is 5.91 Å². The first-order valence-electron chi connectivity index (χ1n) is 7.96. The van der Waals surface area contributed by atoms with Gasteiger partial charge in [-0.2, -0.15) is 0 Å². The molecule has 4 heteroatoms. The van der Waals surface area contributed by atoms with Gasteiger partial charge in [-0.1, -0.05) is 29.8 Å². The SMILES string of the molecule is Cc1cccc(C2CCc3nc(C(=O)NC(C)C)cn3C2)c1. The lowest BCUT2D eigenvalue weighted by molar-refractivity contribution is 0.0938. The molecule has 0 fully saturated rings. The fourth-order valence-corrected chi connectivity index (χ4v) is 3.09. The highest BCUT2D eigenvalue weighted by molar-refractivity contribution is 5.92. The number of amides is 1. The molecule has 0 saturated carbocycles. The van der Waals surface area contributed by atoms with Crippen LogP contribution in [0.25, 0.3) is 0 Å². The molecule has 1 aliphatic heterocycles. The fraction of sp³-hybridized carbons (Fsp3) is 0.444. The smallest absolute Gasteiger partial charge is 0.271 e. The predicted molar refractivity (Wildman–Crippen MR) is 87.1 cm³/mol. The molecule has 22 heavy (non-hydrogen) atoms. The Kier molecular flexibility index (Phi) is 4.01. The molecule has 1 aromatic heterocycles. The van der Waals surface area contributed by atoms with Crippen molar-refractivity contribution in [3.8, 4) is 0 Å². The molecular weight excluding hydrogens is 274 g/mol. The molecule has 3 rings (SSSR count). The van der Waals surface area contributed by atoms with E-state index >= 15 is 0 Å². The molecule has 1 aliphatic rings. The number of fused-ring (bicyclic) bond motifs is 1. The van der Waals surface area contributed by atoms with Crippen LogP contribution in [0.3, 0.4) is 0 Å². The highest BCUT2D eigenvalue weighted by Crippen LogP contribution is 2.29. The monoisotopic (exact) mass is 297 g/mol. The molecular formula is C18H23N3O. The van der Waals surface area contributed by atoms with Gasteiger partial charge in [0, 0.05) is 31.1 Å². The maximum atomic E-state index is 12.1. The molecule has 1 N–H and O–H groups in total. The Bertz CT molecular complexity index is 687. The second-order valence-electron chi connectivity index (χ2n) is 6.47. The Labute approximate surface area is 131 Å². The van der Waals surface area contributed by atoms with Crippen LogP contribution in [-0.2, 0) is 13.0 Å². The van der Waals surface area contributed by atoms with E-state index in [0.29, 0.717) is 11.6 Å². The lowest BCUT2D eigenvalue weighted by atomic mass is 9.91. The zero-order valence-corrected chi connectivity index (χ0v) is 13.5. The number of carbonyl (C=O) groups excluding carboxylic acids is 1. The molecule has 0 spiro atoms. The highest BCUT2D eigenvalue weighted by atomic mass is 16.1. The molecule has 0 aliphatic carbocycles. The van der Waals surface area contributed by atoms with E-state index in [0.717, 1.165) is 25.2 Å². The number of rotatable bonds is 3. The number of benzene rings is 1. The minimum atomic E-state index is -0.0796. The van der Waals surface area contributed by atoms with Gasteiger partial charge in [-0.3, -0.25) is 4.79 Å². The molecule has 1 unspecified atom stereocenters. The number of carbonyl (C=O) groups is 1. The van der Waals surface area contributed by atoms with Gasteiger partial charge < -0.3 is 9.88 Å². The Morgan fingerprint density at radius 1 is 1.41 bits per heavy atom. The molecule has 2 aromatic rings. The van der Waals surface area contributed by atoms with E-state index in [1.54, 1.807) is 0 Å². The van der Waals surface area contributed by atoms with Crippen molar-refractivity contribution in [2.45, 2.75) is 52.1 Å². The van der Waals surface area contributed by atoms with Crippen molar-refractivity contribution in [1.82, 2.24) is 14.9 Å². The minimum Gasteiger partial charge on any atom is -0.348 e. The van der Waals surface area contributed by atoms with Crippen LogP contribution >= 0.6 is 0 Å². The van der Waals surface area contributed by atoms with Crippen LogP contribution in [0.5, 0.6) is 0 Å². The van der Waals surface area contributed by atoms with Crippen molar-refractivity contribution in [2.75, 3.05) is 0 Å². The molecule has 0 bridgehead atoms. The molecule has 1 amide bonds. The van der Waals surface area contributed by atoms with E-state index in [1.807, 2.05) is 20.0 Å². The molecule has 116 valence electrons. The fourth-order valence-electron chi connectivity index (χ4n) is 3.09. The zero-order valence-electron chi connectivity index (χ0n) is 13.5. The van der Waals surface area contributed by atoms with Crippen LogP contribution < -0.4 is 5.32 Å². The largest absolute Gasteiger partial charge is 0.348 e. The average Bonchev–Trinajstić information content (AvgIpc) is 2.89. The molecule has 0 radical (unpaired) electrons. The first-order chi connectivity index (χ1) is 10.5. The number of nitrogens with zero attached hydrogens (tertiary/aromatic N) is 2. The van der Waals surface area contributed by atoms with Crippen LogP contribution in [0.1, 0.15) is 53.6 Å². The Morgan fingerprint density at radius 3 is 2.95 bits per heavy atom. The van der Waals surface area contributed by atoms with Gasteiger partial charge in [0.1, 0.15) is 11.5 Å². The third-order valence-electron chi connectivity index (χ3n) is 4.16. The summed E-state index contributed by atoms with van der Waals surface area (Å²) in [6, 6.07) is 8.84. The second-order valence-corrected chi connectivity index (χ2v) is 6.47. The van der Waals surface area contributed by atoms with E-state index in [9.17, 15) is 4.79 Å². The van der Waals surface area contributed by atoms with Gasteiger partial charge in [-0.15, -0.1) is 0 Å². The number of aromatic nitrogens is 2. The summed E-state index contributed by atoms with van der Waals surface area (Å²) in [6.45, 7) is 6.95. The van der Waals surface area contributed by atoms with Gasteiger partial charge in [-0.25, -0.2) is 4.98 Å². The second kappa shape index (κ2) is 5.95. The van der Waals surface area contributed by atoms with Crippen LogP contribution in [0.2, 0.25) is 0 Å². The van der Waals surface area contributed by atoms with Gasteiger partial charge in [0.05, 0.1) is 0 Å². The molecule has 4 nitrogen and oxygen atoms in total. The van der Waals surface area contributed by atoms with Crippen molar-refractivity contribution in [2.24, 2.45) is 0 Å². The van der Waals surface area contributed by atoms with E-state index in [4.69, 9.17) is 0 Å². The molecule has 1 atom stereocenters. The van der Waals surface area contributed by atoms with Gasteiger partial charge in [-0.05, 0) is 32.8 Å². The van der Waals surface area contributed by atoms with Crippen molar-refractivity contribution in [1.29, 1.82) is 0 Å². The van der Waals surface area contributed by atoms with E-state index in [2.05, 4.69) is 46.1 Å². The normalized spacial score (nSPS) is 17.4. The molecule has 0 saturated heterocycles. The van der Waals surface area contributed by atoms with E-state index < -0.39 is 0 Å². The summed E-state index contributed by atoms with van der Waals surface area (Å²) >= 11 is 0. The Hall–Kier alpha value is -2.10. The number of hydrogen-bond acceptors (Lipinski definition) is 2. The Balaban J connectivity index is 1.79. The Morgan fingerprint density at radius 2 is 2.23 bits per heavy atom. The first-order valence-corrected chi connectivity index (χ1v) is 7.96. The maximum absolute atomic E-state index is 12.1. The van der Waals surface area contributed by atoms with E-state index in [1.165, 1.54) is 11.1 Å². The third kappa shape index (κ3) is 3.06. The molecule has 2 heterocycles. The summed E-state index contributed by atoms with van der Waals surface area (Å²) < 4.78 is 2.14. The lowest BCUT2D eigenvalue weighted by Gasteiger charge is -2.24. The topological polar surface area (TPSA) is 46.9 Å².